The highest BCUT2D eigenvalue weighted by Crippen LogP contribution is 2.40. The van der Waals surface area contributed by atoms with E-state index in [1.54, 1.807) is 17.1 Å². The number of benzene rings is 2. The Morgan fingerprint density at radius 2 is 1.92 bits per heavy atom. The van der Waals surface area contributed by atoms with Gasteiger partial charge in [0.15, 0.2) is 0 Å². The topological polar surface area (TPSA) is 78.0 Å². The third-order valence-electron chi connectivity index (χ3n) is 7.32. The SMILES string of the molecule is C=C/C=C(\C=C)OC(=O)N1CCc2c([nH]c3ccc(Cl)cc23)C1c1ccc(OCC(O)CN2CCCC2)cc1. The molecular weight excluding hydrogens is 514 g/mol. The number of hydrogen-bond donors (Lipinski definition) is 2. The number of carbonyl (C=O) groups excluding carboxylic acids is 1. The quantitative estimate of drug-likeness (QED) is 0.254. The average Bonchev–Trinajstić information content (AvgIpc) is 3.58. The van der Waals surface area contributed by atoms with Crippen molar-refractivity contribution in [3.05, 3.63) is 101 Å². The predicted molar refractivity (Wildman–Crippen MR) is 154 cm³/mol. The predicted octanol–water partition coefficient (Wildman–Crippen LogP) is 6.00. The summed E-state index contributed by atoms with van der Waals surface area (Å²) in [7, 11) is 0. The molecule has 2 unspecified atom stereocenters. The number of carbonyl (C=O) groups is 1. The van der Waals surface area contributed by atoms with Crippen molar-refractivity contribution in [1.29, 1.82) is 0 Å². The van der Waals surface area contributed by atoms with Gasteiger partial charge in [-0.3, -0.25) is 4.90 Å². The normalized spacial score (nSPS) is 18.6. The van der Waals surface area contributed by atoms with Gasteiger partial charge < -0.3 is 24.5 Å². The van der Waals surface area contributed by atoms with Gasteiger partial charge in [-0.25, -0.2) is 4.79 Å². The molecule has 39 heavy (non-hydrogen) atoms. The molecule has 0 bridgehead atoms. The number of β-amino-alcohol motifs (C(OH)–C–C–N with tert-alkyl or cyclic N) is 1. The number of fused-ring (bicyclic) bond motifs is 3. The third-order valence-corrected chi connectivity index (χ3v) is 7.55. The highest BCUT2D eigenvalue weighted by Gasteiger charge is 2.36. The van der Waals surface area contributed by atoms with Crippen LogP contribution < -0.4 is 4.74 Å². The van der Waals surface area contributed by atoms with Crippen molar-refractivity contribution in [2.45, 2.75) is 31.4 Å². The Morgan fingerprint density at radius 3 is 2.64 bits per heavy atom. The Kier molecular flexibility index (Phi) is 8.41. The van der Waals surface area contributed by atoms with Crippen molar-refractivity contribution < 1.29 is 19.4 Å². The summed E-state index contributed by atoms with van der Waals surface area (Å²) in [4.78, 5) is 20.9. The van der Waals surface area contributed by atoms with Gasteiger partial charge in [-0.05, 0) is 86.0 Å². The number of aromatic amines is 1. The number of nitrogens with zero attached hydrogens (tertiary/aromatic N) is 2. The minimum Gasteiger partial charge on any atom is -0.491 e. The summed E-state index contributed by atoms with van der Waals surface area (Å²) in [6, 6.07) is 13.0. The number of rotatable bonds is 9. The van der Waals surface area contributed by atoms with E-state index in [0.717, 1.165) is 40.8 Å². The molecule has 204 valence electrons. The number of nitrogens with one attached hydrogen (secondary N) is 1. The standard InChI is InChI=1S/C31H34ClN3O4/c1-3-7-24(4-2)39-31(37)35-17-14-26-27-18-22(32)10-13-28(27)33-29(26)30(35)21-8-11-25(12-9-21)38-20-23(36)19-34-15-5-6-16-34/h3-4,7-13,18,23,30,33,36H,1-2,5-6,14-17,19-20H2/b24-7+. The second kappa shape index (κ2) is 12.1. The average molecular weight is 548 g/mol. The van der Waals surface area contributed by atoms with E-state index in [-0.39, 0.29) is 6.61 Å². The number of allylic oxidation sites excluding steroid dienone is 3. The molecule has 2 atom stereocenters. The van der Waals surface area contributed by atoms with Crippen LogP contribution >= 0.6 is 11.6 Å². The molecule has 0 saturated carbocycles. The van der Waals surface area contributed by atoms with Crippen LogP contribution in [0.3, 0.4) is 0 Å². The molecule has 2 aliphatic rings. The summed E-state index contributed by atoms with van der Waals surface area (Å²) in [6.07, 6.45) is 6.65. The minimum atomic E-state index is -0.546. The maximum absolute atomic E-state index is 13.4. The second-order valence-corrected chi connectivity index (χ2v) is 10.4. The summed E-state index contributed by atoms with van der Waals surface area (Å²) >= 11 is 6.31. The lowest BCUT2D eigenvalue weighted by Crippen LogP contribution is -2.40. The number of hydrogen-bond acceptors (Lipinski definition) is 5. The van der Waals surface area contributed by atoms with E-state index >= 15 is 0 Å². The molecular formula is C31H34ClN3O4. The van der Waals surface area contributed by atoms with Crippen LogP contribution in [0.2, 0.25) is 5.02 Å². The molecule has 2 aliphatic heterocycles. The van der Waals surface area contributed by atoms with Gasteiger partial charge in [0.25, 0.3) is 0 Å². The Bertz CT molecular complexity index is 1370. The van der Waals surface area contributed by atoms with Gasteiger partial charge in [0.05, 0.1) is 0 Å². The van der Waals surface area contributed by atoms with Crippen molar-refractivity contribution in [3.8, 4) is 5.75 Å². The van der Waals surface area contributed by atoms with Crippen LogP contribution in [0.4, 0.5) is 4.79 Å². The number of aromatic nitrogens is 1. The lowest BCUT2D eigenvalue weighted by Gasteiger charge is -2.35. The summed E-state index contributed by atoms with van der Waals surface area (Å²) in [6.45, 7) is 10.8. The van der Waals surface area contributed by atoms with Gasteiger partial charge in [-0.1, -0.05) is 43.0 Å². The smallest absolute Gasteiger partial charge is 0.416 e. The van der Waals surface area contributed by atoms with E-state index in [0.29, 0.717) is 36.0 Å². The van der Waals surface area contributed by atoms with Crippen LogP contribution in [0.15, 0.2) is 79.6 Å². The maximum atomic E-state index is 13.4. The molecule has 3 aromatic rings. The molecule has 3 heterocycles. The van der Waals surface area contributed by atoms with E-state index < -0.39 is 18.2 Å². The first kappa shape index (κ1) is 27.1. The van der Waals surface area contributed by atoms with Gasteiger partial charge in [-0.15, -0.1) is 0 Å². The Labute approximate surface area is 234 Å². The van der Waals surface area contributed by atoms with E-state index in [4.69, 9.17) is 21.1 Å². The Hall–Kier alpha value is -3.52. The van der Waals surface area contributed by atoms with Crippen LogP contribution in [0.25, 0.3) is 10.9 Å². The summed E-state index contributed by atoms with van der Waals surface area (Å²) in [5.74, 6) is 0.995. The molecule has 7 nitrogen and oxygen atoms in total. The molecule has 0 spiro atoms. The number of aliphatic hydroxyl groups is 1. The van der Waals surface area contributed by atoms with E-state index in [9.17, 15) is 9.90 Å². The number of ether oxygens (including phenoxy) is 2. The first-order valence-electron chi connectivity index (χ1n) is 13.3. The van der Waals surface area contributed by atoms with Crippen LogP contribution in [0.1, 0.15) is 35.7 Å². The lowest BCUT2D eigenvalue weighted by molar-refractivity contribution is 0.0758. The molecule has 1 fully saturated rings. The van der Waals surface area contributed by atoms with E-state index in [2.05, 4.69) is 23.0 Å². The zero-order valence-corrected chi connectivity index (χ0v) is 22.7. The van der Waals surface area contributed by atoms with Gasteiger partial charge in [0.1, 0.15) is 30.3 Å². The fraction of sp³-hybridized carbons (Fsp3) is 0.323. The lowest BCUT2D eigenvalue weighted by atomic mass is 9.92. The highest BCUT2D eigenvalue weighted by molar-refractivity contribution is 6.31. The van der Waals surface area contributed by atoms with Crippen molar-refractivity contribution in [2.24, 2.45) is 0 Å². The molecule has 0 aliphatic carbocycles. The van der Waals surface area contributed by atoms with Gasteiger partial charge in [-0.2, -0.15) is 0 Å². The summed E-state index contributed by atoms with van der Waals surface area (Å²) < 4.78 is 11.5. The highest BCUT2D eigenvalue weighted by atomic mass is 35.5. The zero-order chi connectivity index (χ0) is 27.4. The number of halogens is 1. The van der Waals surface area contributed by atoms with E-state index in [1.165, 1.54) is 18.9 Å². The minimum absolute atomic E-state index is 0.227. The van der Waals surface area contributed by atoms with Crippen LogP contribution in [-0.4, -0.2) is 64.9 Å². The maximum Gasteiger partial charge on any atom is 0.416 e. The molecule has 2 N–H and O–H groups in total. The molecule has 1 amide bonds. The van der Waals surface area contributed by atoms with Crippen molar-refractivity contribution in [1.82, 2.24) is 14.8 Å². The summed E-state index contributed by atoms with van der Waals surface area (Å²) in [5.41, 5.74) is 3.94. The summed E-state index contributed by atoms with van der Waals surface area (Å²) in [5, 5.41) is 12.1. The van der Waals surface area contributed by atoms with Gasteiger partial charge in [0, 0.05) is 34.7 Å². The van der Waals surface area contributed by atoms with Gasteiger partial charge >= 0.3 is 6.09 Å². The zero-order valence-electron chi connectivity index (χ0n) is 21.9. The van der Waals surface area contributed by atoms with Crippen molar-refractivity contribution >= 4 is 28.6 Å². The first-order valence-corrected chi connectivity index (χ1v) is 13.7. The molecule has 0 radical (unpaired) electrons. The van der Waals surface area contributed by atoms with Crippen molar-refractivity contribution in [3.63, 3.8) is 0 Å². The van der Waals surface area contributed by atoms with E-state index in [1.807, 2.05) is 42.5 Å². The molecule has 8 heteroatoms. The molecule has 1 aromatic heterocycles. The number of likely N-dealkylation sites (tertiary alicyclic amines) is 1. The second-order valence-electron chi connectivity index (χ2n) is 9.97. The van der Waals surface area contributed by atoms with Crippen LogP contribution in [0, 0.1) is 0 Å². The van der Waals surface area contributed by atoms with Gasteiger partial charge in [0.2, 0.25) is 0 Å². The molecule has 5 rings (SSSR count). The molecule has 1 saturated heterocycles. The molecule has 2 aromatic carbocycles. The number of amides is 1. The number of aliphatic hydroxyl groups excluding tert-OH is 1. The van der Waals surface area contributed by atoms with Crippen molar-refractivity contribution in [2.75, 3.05) is 32.8 Å². The van der Waals surface area contributed by atoms with Crippen LogP contribution in [-0.2, 0) is 11.2 Å². The monoisotopic (exact) mass is 547 g/mol. The first-order chi connectivity index (χ1) is 19.0. The fourth-order valence-electron chi connectivity index (χ4n) is 5.48. The fourth-order valence-corrected chi connectivity index (χ4v) is 5.65. The Balaban J connectivity index is 1.40. The Morgan fingerprint density at radius 1 is 1.15 bits per heavy atom. The van der Waals surface area contributed by atoms with Crippen LogP contribution in [0.5, 0.6) is 5.75 Å². The number of H-pyrrole nitrogens is 1. The third kappa shape index (κ3) is 6.06. The largest absolute Gasteiger partial charge is 0.491 e.